The van der Waals surface area contributed by atoms with E-state index in [4.69, 9.17) is 0 Å². The zero-order valence-corrected chi connectivity index (χ0v) is 23.3. The average Bonchev–Trinajstić information content (AvgIpc) is 3.27. The topological polar surface area (TPSA) is 78.0 Å². The monoisotopic (exact) mass is 525 g/mol. The second-order valence-corrected chi connectivity index (χ2v) is 14.8. The SMILES string of the molecule is Cc1cc(C)c(S(=O)(=O)N2CCC2CCCS(=O)(=O)N2CCC(CCN3CCCC3)CC2)c(C)c1. The summed E-state index contributed by atoms with van der Waals surface area (Å²) in [4.78, 5) is 2.95. The standard InChI is InChI=1S/C26H43N3O4S2/c1-21-19-22(2)26(23(3)20-21)35(32,33)29-17-11-25(29)7-6-18-34(30,31)28-15-9-24(10-16-28)8-14-27-12-4-5-13-27/h19-20,24-25H,4-18H2,1-3H3. The van der Waals surface area contributed by atoms with E-state index in [1.54, 1.807) is 8.61 Å². The first-order valence-corrected chi connectivity index (χ1v) is 16.4. The number of likely N-dealkylation sites (tertiary alicyclic amines) is 1. The fourth-order valence-corrected chi connectivity index (χ4v) is 9.86. The fraction of sp³-hybridized carbons (Fsp3) is 0.769. The van der Waals surface area contributed by atoms with Crippen molar-refractivity contribution in [2.24, 2.45) is 5.92 Å². The van der Waals surface area contributed by atoms with Crippen molar-refractivity contribution in [3.05, 3.63) is 28.8 Å². The van der Waals surface area contributed by atoms with Gasteiger partial charge < -0.3 is 4.90 Å². The van der Waals surface area contributed by atoms with Crippen LogP contribution in [0.15, 0.2) is 17.0 Å². The number of nitrogens with zero attached hydrogens (tertiary/aromatic N) is 3. The Kier molecular flexibility index (Phi) is 8.63. The summed E-state index contributed by atoms with van der Waals surface area (Å²) in [7, 11) is -6.85. The molecule has 0 spiro atoms. The van der Waals surface area contributed by atoms with Crippen molar-refractivity contribution in [2.75, 3.05) is 45.0 Å². The van der Waals surface area contributed by atoms with Crippen molar-refractivity contribution in [1.82, 2.24) is 13.5 Å². The van der Waals surface area contributed by atoms with E-state index >= 15 is 0 Å². The first-order valence-electron chi connectivity index (χ1n) is 13.4. The van der Waals surface area contributed by atoms with Crippen molar-refractivity contribution < 1.29 is 16.8 Å². The molecule has 0 aliphatic carbocycles. The second-order valence-electron chi connectivity index (χ2n) is 10.9. The fourth-order valence-electron chi connectivity index (χ4n) is 6.19. The van der Waals surface area contributed by atoms with Gasteiger partial charge in [0.15, 0.2) is 0 Å². The number of piperidine rings is 1. The summed E-state index contributed by atoms with van der Waals surface area (Å²) in [6.07, 6.45) is 7.60. The van der Waals surface area contributed by atoms with Gasteiger partial charge in [0.25, 0.3) is 0 Å². The van der Waals surface area contributed by atoms with Gasteiger partial charge in [-0.05, 0) is 109 Å². The molecule has 1 aromatic carbocycles. The molecular weight excluding hydrogens is 482 g/mol. The molecule has 0 aromatic heterocycles. The Bertz CT molecular complexity index is 1070. The lowest BCUT2D eigenvalue weighted by molar-refractivity contribution is 0.187. The van der Waals surface area contributed by atoms with Crippen LogP contribution in [0.1, 0.15) is 68.1 Å². The predicted octanol–water partition coefficient (Wildman–Crippen LogP) is 3.68. The minimum Gasteiger partial charge on any atom is -0.303 e. The van der Waals surface area contributed by atoms with Crippen LogP contribution in [0.3, 0.4) is 0 Å². The lowest BCUT2D eigenvalue weighted by atomic mass is 9.94. The molecule has 3 aliphatic heterocycles. The molecule has 35 heavy (non-hydrogen) atoms. The van der Waals surface area contributed by atoms with Gasteiger partial charge in [0, 0.05) is 25.7 Å². The Morgan fingerprint density at radius 3 is 2.03 bits per heavy atom. The van der Waals surface area contributed by atoms with E-state index < -0.39 is 20.0 Å². The van der Waals surface area contributed by atoms with Gasteiger partial charge >= 0.3 is 0 Å². The number of rotatable bonds is 10. The highest BCUT2D eigenvalue weighted by Crippen LogP contribution is 2.33. The molecule has 1 unspecified atom stereocenters. The zero-order valence-electron chi connectivity index (χ0n) is 21.7. The summed E-state index contributed by atoms with van der Waals surface area (Å²) >= 11 is 0. The molecule has 1 aromatic rings. The van der Waals surface area contributed by atoms with Gasteiger partial charge in [-0.25, -0.2) is 21.1 Å². The Morgan fingerprint density at radius 1 is 0.829 bits per heavy atom. The van der Waals surface area contributed by atoms with Gasteiger partial charge in [-0.15, -0.1) is 0 Å². The highest BCUT2D eigenvalue weighted by molar-refractivity contribution is 7.89. The molecule has 3 saturated heterocycles. The van der Waals surface area contributed by atoms with Gasteiger partial charge in [-0.1, -0.05) is 17.7 Å². The second kappa shape index (κ2) is 11.2. The van der Waals surface area contributed by atoms with E-state index in [1.165, 1.54) is 32.4 Å². The molecular formula is C26H43N3O4S2. The van der Waals surface area contributed by atoms with Crippen LogP contribution in [0.2, 0.25) is 0 Å². The molecule has 9 heteroatoms. The van der Waals surface area contributed by atoms with Crippen LogP contribution in [0.4, 0.5) is 0 Å². The Hall–Kier alpha value is -1.00. The lowest BCUT2D eigenvalue weighted by Crippen LogP contribution is -2.51. The van der Waals surface area contributed by atoms with Gasteiger partial charge in [0.1, 0.15) is 0 Å². The maximum atomic E-state index is 13.3. The van der Waals surface area contributed by atoms with Crippen molar-refractivity contribution >= 4 is 20.0 Å². The summed E-state index contributed by atoms with van der Waals surface area (Å²) < 4.78 is 55.9. The van der Waals surface area contributed by atoms with Crippen LogP contribution >= 0.6 is 0 Å². The lowest BCUT2D eigenvalue weighted by Gasteiger charge is -2.40. The number of aryl methyl sites for hydroxylation is 3. The van der Waals surface area contributed by atoms with Gasteiger partial charge in [0.05, 0.1) is 10.6 Å². The third-order valence-corrected chi connectivity index (χ3v) is 12.4. The Morgan fingerprint density at radius 2 is 1.46 bits per heavy atom. The maximum absolute atomic E-state index is 13.3. The third-order valence-electron chi connectivity index (χ3n) is 8.22. The van der Waals surface area contributed by atoms with E-state index in [0.29, 0.717) is 43.3 Å². The summed E-state index contributed by atoms with van der Waals surface area (Å²) in [5.41, 5.74) is 2.61. The van der Waals surface area contributed by atoms with E-state index in [9.17, 15) is 16.8 Å². The summed E-state index contributed by atoms with van der Waals surface area (Å²) in [5, 5.41) is 0. The van der Waals surface area contributed by atoms with Gasteiger partial charge in [0.2, 0.25) is 20.0 Å². The molecule has 3 aliphatic rings. The number of benzene rings is 1. The predicted molar refractivity (Wildman–Crippen MR) is 141 cm³/mol. The van der Waals surface area contributed by atoms with Crippen LogP contribution < -0.4 is 0 Å². The van der Waals surface area contributed by atoms with Crippen molar-refractivity contribution in [3.63, 3.8) is 0 Å². The molecule has 0 bridgehead atoms. The van der Waals surface area contributed by atoms with Crippen molar-refractivity contribution in [1.29, 1.82) is 0 Å². The average molecular weight is 526 g/mol. The third kappa shape index (κ3) is 6.29. The van der Waals surface area contributed by atoms with Crippen LogP contribution in [-0.4, -0.2) is 81.4 Å². The summed E-state index contributed by atoms with van der Waals surface area (Å²) in [5.74, 6) is 0.739. The smallest absolute Gasteiger partial charge is 0.243 e. The molecule has 0 radical (unpaired) electrons. The van der Waals surface area contributed by atoms with E-state index in [1.807, 2.05) is 32.9 Å². The van der Waals surface area contributed by atoms with E-state index in [0.717, 1.165) is 42.5 Å². The van der Waals surface area contributed by atoms with Crippen molar-refractivity contribution in [2.45, 2.75) is 83.1 Å². The molecule has 4 rings (SSSR count). The summed E-state index contributed by atoms with van der Waals surface area (Å²) in [6, 6.07) is 3.72. The van der Waals surface area contributed by atoms with E-state index in [-0.39, 0.29) is 11.8 Å². The molecule has 0 amide bonds. The molecule has 3 fully saturated rings. The number of hydrogen-bond donors (Lipinski definition) is 0. The van der Waals surface area contributed by atoms with Gasteiger partial charge in [-0.3, -0.25) is 0 Å². The first kappa shape index (κ1) is 27.0. The Balaban J connectivity index is 1.24. The summed E-state index contributed by atoms with van der Waals surface area (Å²) in [6.45, 7) is 11.0. The van der Waals surface area contributed by atoms with Crippen LogP contribution in [-0.2, 0) is 20.0 Å². The molecule has 1 atom stereocenters. The molecule has 198 valence electrons. The minimum atomic E-state index is -3.56. The maximum Gasteiger partial charge on any atom is 0.243 e. The van der Waals surface area contributed by atoms with Crippen LogP contribution in [0, 0.1) is 26.7 Å². The Labute approximate surface area is 213 Å². The number of sulfonamides is 2. The molecule has 7 nitrogen and oxygen atoms in total. The molecule has 0 saturated carbocycles. The van der Waals surface area contributed by atoms with E-state index in [2.05, 4.69) is 4.90 Å². The number of hydrogen-bond acceptors (Lipinski definition) is 5. The zero-order chi connectivity index (χ0) is 25.2. The van der Waals surface area contributed by atoms with Gasteiger partial charge in [-0.2, -0.15) is 4.31 Å². The quantitative estimate of drug-likeness (QED) is 0.466. The van der Waals surface area contributed by atoms with Crippen LogP contribution in [0.25, 0.3) is 0 Å². The molecule has 3 heterocycles. The largest absolute Gasteiger partial charge is 0.303 e. The van der Waals surface area contributed by atoms with Crippen molar-refractivity contribution in [3.8, 4) is 0 Å². The normalized spacial score (nSPS) is 23.6. The highest BCUT2D eigenvalue weighted by atomic mass is 32.2. The highest BCUT2D eigenvalue weighted by Gasteiger charge is 2.39. The first-order chi connectivity index (χ1) is 16.6. The molecule has 0 N–H and O–H groups in total. The van der Waals surface area contributed by atoms with Crippen LogP contribution in [0.5, 0.6) is 0 Å². The minimum absolute atomic E-state index is 0.105.